The van der Waals surface area contributed by atoms with Gasteiger partial charge < -0.3 is 10.5 Å². The van der Waals surface area contributed by atoms with Crippen molar-refractivity contribution >= 4 is 33.7 Å². The van der Waals surface area contributed by atoms with E-state index in [0.717, 1.165) is 6.07 Å². The van der Waals surface area contributed by atoms with Crippen molar-refractivity contribution in [3.05, 3.63) is 28.5 Å². The quantitative estimate of drug-likeness (QED) is 0.485. The largest absolute Gasteiger partial charge is 0.411 e. The predicted molar refractivity (Wildman–Crippen MR) is 53.0 cm³/mol. The molecule has 14 heavy (non-hydrogen) atoms. The number of hydrogen-bond acceptors (Lipinski definition) is 3. The van der Waals surface area contributed by atoms with Crippen LogP contribution in [0.1, 0.15) is 0 Å². The van der Waals surface area contributed by atoms with Crippen molar-refractivity contribution in [3.8, 4) is 0 Å². The van der Waals surface area contributed by atoms with E-state index in [1.54, 1.807) is 0 Å². The minimum atomic E-state index is -0.630. The van der Waals surface area contributed by atoms with Crippen molar-refractivity contribution < 1.29 is 14.4 Å². The maximum Gasteiger partial charge on any atom is 0.270 e. The Morgan fingerprint density at radius 2 is 2.36 bits per heavy atom. The van der Waals surface area contributed by atoms with Gasteiger partial charge in [0.05, 0.1) is 4.47 Å². The number of anilines is 1. The molecule has 0 aliphatic rings. The molecule has 1 rings (SSSR count). The first kappa shape index (κ1) is 10.6. The van der Waals surface area contributed by atoms with Crippen LogP contribution in [-0.2, 0) is 4.79 Å². The lowest BCUT2D eigenvalue weighted by Gasteiger charge is -2.01. The number of hydrogen-bond donors (Lipinski definition) is 2. The van der Waals surface area contributed by atoms with E-state index in [-0.39, 0.29) is 5.69 Å². The summed E-state index contributed by atoms with van der Waals surface area (Å²) in [5.74, 6) is -1.11. The molecule has 2 N–H and O–H groups in total. The van der Waals surface area contributed by atoms with Gasteiger partial charge in [0.2, 0.25) is 0 Å². The Balaban J connectivity index is 2.78. The van der Waals surface area contributed by atoms with Crippen LogP contribution in [0.15, 0.2) is 27.8 Å². The lowest BCUT2D eigenvalue weighted by molar-refractivity contribution is -0.110. The molecule has 0 aliphatic carbocycles. The molecule has 0 heterocycles. The zero-order chi connectivity index (χ0) is 10.6. The summed E-state index contributed by atoms with van der Waals surface area (Å²) in [6.45, 7) is 0. The summed E-state index contributed by atoms with van der Waals surface area (Å²) in [7, 11) is 0. The fraction of sp³-hybridized carbons (Fsp3) is 0. The number of benzene rings is 1. The number of amides is 1. The van der Waals surface area contributed by atoms with E-state index in [1.165, 1.54) is 12.1 Å². The van der Waals surface area contributed by atoms with E-state index in [9.17, 15) is 9.18 Å². The molecule has 1 aromatic rings. The van der Waals surface area contributed by atoms with Crippen LogP contribution in [0.3, 0.4) is 0 Å². The van der Waals surface area contributed by atoms with Crippen LogP contribution >= 0.6 is 15.9 Å². The van der Waals surface area contributed by atoms with Crippen LogP contribution in [0.25, 0.3) is 0 Å². The topological polar surface area (TPSA) is 61.7 Å². The van der Waals surface area contributed by atoms with E-state index in [2.05, 4.69) is 26.4 Å². The van der Waals surface area contributed by atoms with Gasteiger partial charge in [0.25, 0.3) is 5.91 Å². The van der Waals surface area contributed by atoms with Crippen molar-refractivity contribution in [1.82, 2.24) is 0 Å². The number of rotatable bonds is 2. The fourth-order valence-electron chi connectivity index (χ4n) is 0.801. The average molecular weight is 261 g/mol. The summed E-state index contributed by atoms with van der Waals surface area (Å²) in [6, 6.07) is 4.12. The zero-order valence-corrected chi connectivity index (χ0v) is 8.45. The van der Waals surface area contributed by atoms with Crippen LogP contribution in [0.4, 0.5) is 10.1 Å². The molecule has 6 heteroatoms. The first-order valence-electron chi connectivity index (χ1n) is 3.57. The summed E-state index contributed by atoms with van der Waals surface area (Å²) in [6.07, 6.45) is 0.681. The minimum absolute atomic E-state index is 0.288. The molecule has 0 aliphatic heterocycles. The number of carbonyl (C=O) groups is 1. The van der Waals surface area contributed by atoms with Crippen molar-refractivity contribution in [2.24, 2.45) is 5.16 Å². The predicted octanol–water partition coefficient (Wildman–Crippen LogP) is 1.99. The van der Waals surface area contributed by atoms with E-state index in [0.29, 0.717) is 10.7 Å². The highest BCUT2D eigenvalue weighted by Gasteiger charge is 2.02. The van der Waals surface area contributed by atoms with E-state index in [1.807, 2.05) is 0 Å². The molecule has 0 saturated carbocycles. The molecule has 0 bridgehead atoms. The molecule has 0 fully saturated rings. The molecular weight excluding hydrogens is 255 g/mol. The van der Waals surface area contributed by atoms with E-state index < -0.39 is 11.7 Å². The Morgan fingerprint density at radius 1 is 1.64 bits per heavy atom. The molecule has 1 aromatic carbocycles. The van der Waals surface area contributed by atoms with Gasteiger partial charge in [-0.3, -0.25) is 4.79 Å². The van der Waals surface area contributed by atoms with Crippen LogP contribution < -0.4 is 5.32 Å². The van der Waals surface area contributed by atoms with Gasteiger partial charge in [-0.2, -0.15) is 0 Å². The molecule has 4 nitrogen and oxygen atoms in total. The van der Waals surface area contributed by atoms with Gasteiger partial charge in [-0.15, -0.1) is 0 Å². The molecule has 0 aromatic heterocycles. The van der Waals surface area contributed by atoms with Crippen molar-refractivity contribution in [2.45, 2.75) is 0 Å². The number of carbonyl (C=O) groups excluding carboxylic acids is 1. The third-order valence-corrected chi connectivity index (χ3v) is 2.01. The Bertz CT molecular complexity index is 382. The molecule has 74 valence electrons. The lowest BCUT2D eigenvalue weighted by atomic mass is 10.3. The van der Waals surface area contributed by atoms with Gasteiger partial charge in [0.15, 0.2) is 0 Å². The molecule has 0 unspecified atom stereocenters. The number of oxime groups is 1. The van der Waals surface area contributed by atoms with Gasteiger partial charge in [0.1, 0.15) is 12.0 Å². The van der Waals surface area contributed by atoms with Crippen molar-refractivity contribution in [2.75, 3.05) is 5.32 Å². The van der Waals surface area contributed by atoms with Gasteiger partial charge in [0, 0.05) is 5.69 Å². The molecule has 0 saturated heterocycles. The second kappa shape index (κ2) is 4.71. The van der Waals surface area contributed by atoms with Gasteiger partial charge in [-0.05, 0) is 34.1 Å². The van der Waals surface area contributed by atoms with Crippen LogP contribution in [0.2, 0.25) is 0 Å². The van der Waals surface area contributed by atoms with E-state index in [4.69, 9.17) is 5.21 Å². The first-order chi connectivity index (χ1) is 6.63. The van der Waals surface area contributed by atoms with Crippen LogP contribution in [0, 0.1) is 5.82 Å². The SMILES string of the molecule is O=C(/C=N/O)Nc1ccc(Br)c(F)c1. The molecule has 1 amide bonds. The average Bonchev–Trinajstić information content (AvgIpc) is 2.12. The summed E-state index contributed by atoms with van der Waals surface area (Å²) < 4.78 is 13.2. The van der Waals surface area contributed by atoms with Gasteiger partial charge in [-0.1, -0.05) is 5.16 Å². The first-order valence-corrected chi connectivity index (χ1v) is 4.36. The van der Waals surface area contributed by atoms with Crippen molar-refractivity contribution in [1.29, 1.82) is 0 Å². The standard InChI is InChI=1S/C8H6BrFN2O2/c9-6-2-1-5(3-7(6)10)12-8(13)4-11-14/h1-4,14H,(H,12,13)/b11-4+. The van der Waals surface area contributed by atoms with E-state index >= 15 is 0 Å². The lowest BCUT2D eigenvalue weighted by Crippen LogP contribution is -2.12. The Morgan fingerprint density at radius 3 is 2.93 bits per heavy atom. The summed E-state index contributed by atoms with van der Waals surface area (Å²) in [4.78, 5) is 10.9. The number of halogens is 2. The highest BCUT2D eigenvalue weighted by Crippen LogP contribution is 2.18. The smallest absolute Gasteiger partial charge is 0.270 e. The second-order valence-corrected chi connectivity index (χ2v) is 3.22. The van der Waals surface area contributed by atoms with Gasteiger partial charge >= 0.3 is 0 Å². The highest BCUT2D eigenvalue weighted by molar-refractivity contribution is 9.10. The maximum atomic E-state index is 12.9. The molecule has 0 radical (unpaired) electrons. The third-order valence-electron chi connectivity index (χ3n) is 1.36. The molecular formula is C8H6BrFN2O2. The summed E-state index contributed by atoms with van der Waals surface area (Å²) >= 11 is 2.97. The zero-order valence-electron chi connectivity index (χ0n) is 6.87. The van der Waals surface area contributed by atoms with Gasteiger partial charge in [-0.25, -0.2) is 4.39 Å². The van der Waals surface area contributed by atoms with Crippen molar-refractivity contribution in [3.63, 3.8) is 0 Å². The fourth-order valence-corrected chi connectivity index (χ4v) is 1.05. The second-order valence-electron chi connectivity index (χ2n) is 2.36. The number of nitrogens with zero attached hydrogens (tertiary/aromatic N) is 1. The minimum Gasteiger partial charge on any atom is -0.411 e. The van der Waals surface area contributed by atoms with Crippen LogP contribution in [-0.4, -0.2) is 17.3 Å². The molecule has 0 atom stereocenters. The number of nitrogens with one attached hydrogen (secondary N) is 1. The normalized spacial score (nSPS) is 10.4. The summed E-state index contributed by atoms with van der Waals surface area (Å²) in [5, 5.41) is 12.9. The van der Waals surface area contributed by atoms with Crippen LogP contribution in [0.5, 0.6) is 0 Å². The Hall–Kier alpha value is -1.43. The highest BCUT2D eigenvalue weighted by atomic mass is 79.9. The Labute approximate surface area is 87.5 Å². The molecule has 0 spiro atoms. The Kier molecular flexibility index (Phi) is 3.58. The third kappa shape index (κ3) is 2.81. The summed E-state index contributed by atoms with van der Waals surface area (Å²) in [5.41, 5.74) is 0.288. The maximum absolute atomic E-state index is 12.9. The monoisotopic (exact) mass is 260 g/mol.